The second-order valence-corrected chi connectivity index (χ2v) is 6.32. The van der Waals surface area contributed by atoms with Gasteiger partial charge in [-0.2, -0.15) is 0 Å². The van der Waals surface area contributed by atoms with E-state index < -0.39 is 0 Å². The van der Waals surface area contributed by atoms with E-state index in [1.165, 1.54) is 11.8 Å². The van der Waals surface area contributed by atoms with Crippen molar-refractivity contribution in [3.05, 3.63) is 69.5 Å². The van der Waals surface area contributed by atoms with Gasteiger partial charge in [0.1, 0.15) is 0 Å². The molecule has 1 aliphatic rings. The number of benzene rings is 2. The topological polar surface area (TPSA) is 41.5 Å². The van der Waals surface area contributed by atoms with E-state index in [-0.39, 0.29) is 5.91 Å². The molecule has 104 valence electrons. The molecule has 1 amide bonds. The fraction of sp³-hybridized carbons (Fsp3) is 0. The summed E-state index contributed by atoms with van der Waals surface area (Å²) in [6, 6.07) is 17.4. The molecule has 1 N–H and O–H groups in total. The van der Waals surface area contributed by atoms with Crippen LogP contribution in [0.5, 0.6) is 0 Å². The van der Waals surface area contributed by atoms with Crippen molar-refractivity contribution in [1.29, 1.82) is 0 Å². The highest BCUT2D eigenvalue weighted by atomic mass is 79.9. The molecule has 0 spiro atoms. The maximum absolute atomic E-state index is 12.0. The molecule has 0 unspecified atom stereocenters. The van der Waals surface area contributed by atoms with E-state index in [1.807, 2.05) is 60.7 Å². The number of halogens is 1. The van der Waals surface area contributed by atoms with E-state index in [0.717, 1.165) is 15.7 Å². The summed E-state index contributed by atoms with van der Waals surface area (Å²) >= 11 is 4.75. The third kappa shape index (κ3) is 3.62. The molecule has 3 nitrogen and oxygen atoms in total. The molecule has 21 heavy (non-hydrogen) atoms. The smallest absolute Gasteiger partial charge is 0.264 e. The number of hydrogen-bond acceptors (Lipinski definition) is 3. The molecule has 2 aromatic rings. The zero-order valence-electron chi connectivity index (χ0n) is 10.9. The van der Waals surface area contributed by atoms with Crippen molar-refractivity contribution in [1.82, 2.24) is 5.32 Å². The average Bonchev–Trinajstić information content (AvgIpc) is 2.80. The van der Waals surface area contributed by atoms with E-state index >= 15 is 0 Å². The zero-order chi connectivity index (χ0) is 14.7. The number of hydrogen-bond donors (Lipinski definition) is 1. The lowest BCUT2D eigenvalue weighted by molar-refractivity contribution is -0.115. The molecule has 0 atom stereocenters. The summed E-state index contributed by atoms with van der Waals surface area (Å²) < 4.78 is 0.957. The Morgan fingerprint density at radius 1 is 1.10 bits per heavy atom. The summed E-state index contributed by atoms with van der Waals surface area (Å²) in [5.74, 6) is -0.113. The quantitative estimate of drug-likeness (QED) is 0.811. The van der Waals surface area contributed by atoms with Gasteiger partial charge < -0.3 is 5.32 Å². The number of carbonyl (C=O) groups excluding carboxylic acids is 1. The number of nitrogens with one attached hydrogen (secondary N) is 1. The lowest BCUT2D eigenvalue weighted by Crippen LogP contribution is -2.19. The highest BCUT2D eigenvalue weighted by Gasteiger charge is 2.23. The molecule has 0 radical (unpaired) electrons. The van der Waals surface area contributed by atoms with Crippen LogP contribution in [0.25, 0.3) is 6.08 Å². The summed E-state index contributed by atoms with van der Waals surface area (Å²) in [5.41, 5.74) is 1.80. The van der Waals surface area contributed by atoms with Crippen molar-refractivity contribution in [2.75, 3.05) is 0 Å². The van der Waals surface area contributed by atoms with Gasteiger partial charge >= 0.3 is 0 Å². The Hall–Kier alpha value is -1.85. The van der Waals surface area contributed by atoms with Gasteiger partial charge in [0.05, 0.1) is 10.6 Å². The van der Waals surface area contributed by atoms with Gasteiger partial charge in [-0.3, -0.25) is 4.79 Å². The number of aliphatic imine (C=N–C) groups is 1. The fourth-order valence-electron chi connectivity index (χ4n) is 1.84. The minimum Gasteiger partial charge on any atom is -0.300 e. The van der Waals surface area contributed by atoms with Crippen molar-refractivity contribution in [2.45, 2.75) is 0 Å². The molecular weight excluding hydrogens is 348 g/mol. The molecule has 0 saturated carbocycles. The van der Waals surface area contributed by atoms with Crippen LogP contribution < -0.4 is 5.32 Å². The van der Waals surface area contributed by atoms with E-state index in [4.69, 9.17) is 0 Å². The van der Waals surface area contributed by atoms with Gasteiger partial charge in [0.25, 0.3) is 5.91 Å². The minimum absolute atomic E-state index is 0.113. The van der Waals surface area contributed by atoms with E-state index in [9.17, 15) is 4.79 Å². The van der Waals surface area contributed by atoms with Crippen molar-refractivity contribution >= 4 is 50.5 Å². The molecular formula is C16H11BrN2OS. The van der Waals surface area contributed by atoms with E-state index in [2.05, 4.69) is 26.2 Å². The van der Waals surface area contributed by atoms with Crippen molar-refractivity contribution in [2.24, 2.45) is 4.99 Å². The standard InChI is InChI=1S/C16H11BrN2OS/c17-12-7-4-8-13(10-12)18-16-19-15(20)14(21-16)9-11-5-2-1-3-6-11/h1-10H,(H,18,19,20). The molecule has 3 rings (SSSR count). The highest BCUT2D eigenvalue weighted by molar-refractivity contribution is 9.10. The van der Waals surface area contributed by atoms with Gasteiger partial charge in [-0.1, -0.05) is 52.3 Å². The maximum atomic E-state index is 12.0. The van der Waals surface area contributed by atoms with Gasteiger partial charge in [-0.25, -0.2) is 4.99 Å². The lowest BCUT2D eigenvalue weighted by atomic mass is 10.2. The van der Waals surface area contributed by atoms with Crippen molar-refractivity contribution in [3.8, 4) is 0 Å². The first-order valence-corrected chi connectivity index (χ1v) is 7.92. The Kier molecular flexibility index (Phi) is 4.22. The number of rotatable bonds is 2. The van der Waals surface area contributed by atoms with Crippen LogP contribution >= 0.6 is 27.7 Å². The predicted octanol–water partition coefficient (Wildman–Crippen LogP) is 4.34. The fourth-order valence-corrected chi connectivity index (χ4v) is 3.07. The Labute approximate surface area is 135 Å². The van der Waals surface area contributed by atoms with Crippen LogP contribution in [0.2, 0.25) is 0 Å². The number of amidine groups is 1. The highest BCUT2D eigenvalue weighted by Crippen LogP contribution is 2.28. The first-order valence-electron chi connectivity index (χ1n) is 6.31. The average molecular weight is 359 g/mol. The Morgan fingerprint density at radius 3 is 2.67 bits per heavy atom. The van der Waals surface area contributed by atoms with Gasteiger partial charge in [0.15, 0.2) is 5.17 Å². The molecule has 0 aromatic heterocycles. The molecule has 0 aliphatic carbocycles. The van der Waals surface area contributed by atoms with Crippen molar-refractivity contribution in [3.63, 3.8) is 0 Å². The van der Waals surface area contributed by atoms with Gasteiger partial charge in [-0.15, -0.1) is 0 Å². The largest absolute Gasteiger partial charge is 0.300 e. The van der Waals surface area contributed by atoms with Crippen LogP contribution in [0.3, 0.4) is 0 Å². The van der Waals surface area contributed by atoms with Gasteiger partial charge in [0, 0.05) is 4.47 Å². The van der Waals surface area contributed by atoms with Crippen LogP contribution in [0.4, 0.5) is 5.69 Å². The molecule has 1 saturated heterocycles. The van der Waals surface area contributed by atoms with Crippen LogP contribution in [0.15, 0.2) is 69.0 Å². The monoisotopic (exact) mass is 358 g/mol. The van der Waals surface area contributed by atoms with Crippen LogP contribution in [-0.2, 0) is 4.79 Å². The van der Waals surface area contributed by atoms with Crippen LogP contribution in [-0.4, -0.2) is 11.1 Å². The Bertz CT molecular complexity index is 741. The number of nitrogens with zero attached hydrogens (tertiary/aromatic N) is 1. The summed E-state index contributed by atoms with van der Waals surface area (Å²) in [4.78, 5) is 17.0. The number of thioether (sulfide) groups is 1. The lowest BCUT2D eigenvalue weighted by Gasteiger charge is -1.96. The van der Waals surface area contributed by atoms with Crippen molar-refractivity contribution < 1.29 is 4.79 Å². The molecule has 5 heteroatoms. The summed E-state index contributed by atoms with van der Waals surface area (Å²) in [7, 11) is 0. The molecule has 1 heterocycles. The van der Waals surface area contributed by atoms with Crippen LogP contribution in [0.1, 0.15) is 5.56 Å². The molecule has 2 aromatic carbocycles. The Morgan fingerprint density at radius 2 is 1.90 bits per heavy atom. The van der Waals surface area contributed by atoms with Gasteiger partial charge in [-0.05, 0) is 41.6 Å². The summed E-state index contributed by atoms with van der Waals surface area (Å²) in [6.45, 7) is 0. The zero-order valence-corrected chi connectivity index (χ0v) is 13.3. The maximum Gasteiger partial charge on any atom is 0.264 e. The summed E-state index contributed by atoms with van der Waals surface area (Å²) in [5, 5.41) is 3.38. The normalized spacial score (nSPS) is 18.2. The van der Waals surface area contributed by atoms with Gasteiger partial charge in [0.2, 0.25) is 0 Å². The second-order valence-electron chi connectivity index (χ2n) is 4.37. The first-order chi connectivity index (χ1) is 10.2. The van der Waals surface area contributed by atoms with Crippen LogP contribution in [0, 0.1) is 0 Å². The van der Waals surface area contributed by atoms with E-state index in [0.29, 0.717) is 10.1 Å². The molecule has 1 aliphatic heterocycles. The third-order valence-electron chi connectivity index (χ3n) is 2.79. The predicted molar refractivity (Wildman–Crippen MR) is 91.4 cm³/mol. The third-order valence-corrected chi connectivity index (χ3v) is 4.19. The minimum atomic E-state index is -0.113. The Balaban J connectivity index is 1.83. The first kappa shape index (κ1) is 14.1. The summed E-state index contributed by atoms with van der Waals surface area (Å²) in [6.07, 6.45) is 1.86. The second kappa shape index (κ2) is 6.28. The molecule has 1 fully saturated rings. The number of carbonyl (C=O) groups is 1. The number of amides is 1. The SMILES string of the molecule is O=C1NC(=Nc2cccc(Br)c2)SC1=Cc1ccccc1. The molecule has 0 bridgehead atoms. The van der Waals surface area contributed by atoms with E-state index in [1.54, 1.807) is 0 Å².